The van der Waals surface area contributed by atoms with Gasteiger partial charge in [0.05, 0.1) is 72.7 Å². The van der Waals surface area contributed by atoms with Gasteiger partial charge in [-0.05, 0) is 46.1 Å². The highest BCUT2D eigenvalue weighted by atomic mass is 16.6. The number of nitrogens with one attached hydrogen (secondary N) is 3. The molecular weight excluding hydrogens is 821 g/mol. The number of nitrogens with two attached hydrogens (primary N) is 1. The Morgan fingerprint density at radius 2 is 0.825 bits per heavy atom. The van der Waals surface area contributed by atoms with E-state index in [0.717, 1.165) is 70.6 Å². The summed E-state index contributed by atoms with van der Waals surface area (Å²) < 4.78 is 32.5. The Morgan fingerprint density at radius 3 is 1.27 bits per heavy atom. The van der Waals surface area contributed by atoms with Crippen LogP contribution in [0.4, 0.5) is 0 Å². The van der Waals surface area contributed by atoms with Crippen molar-refractivity contribution in [1.29, 1.82) is 0 Å². The van der Waals surface area contributed by atoms with Gasteiger partial charge in [-0.15, -0.1) is 0 Å². The second-order valence-electron chi connectivity index (χ2n) is 14.5. The summed E-state index contributed by atoms with van der Waals surface area (Å²) in [4.78, 5) is 69.2. The molecule has 1 unspecified atom stereocenters. The number of aliphatic carboxylic acids is 2. The van der Waals surface area contributed by atoms with Crippen molar-refractivity contribution in [3.8, 4) is 0 Å². The van der Waals surface area contributed by atoms with Gasteiger partial charge in [-0.25, -0.2) is 4.79 Å². The van der Waals surface area contributed by atoms with Crippen LogP contribution in [-0.4, -0.2) is 151 Å². The van der Waals surface area contributed by atoms with Gasteiger partial charge in [-0.2, -0.15) is 0 Å². The Morgan fingerprint density at radius 1 is 0.444 bits per heavy atom. The van der Waals surface area contributed by atoms with Crippen LogP contribution in [0.3, 0.4) is 0 Å². The van der Waals surface area contributed by atoms with E-state index in [1.807, 2.05) is 13.8 Å². The van der Waals surface area contributed by atoms with Crippen molar-refractivity contribution in [2.45, 2.75) is 155 Å². The molecule has 18 nitrogen and oxygen atoms in total. The molecule has 0 aromatic carbocycles. The monoisotopic (exact) mass is 909 g/mol. The van der Waals surface area contributed by atoms with Crippen molar-refractivity contribution >= 4 is 35.4 Å². The molecule has 3 amide bonds. The topological polar surface area (TPSA) is 260 Å². The summed E-state index contributed by atoms with van der Waals surface area (Å²) in [6.45, 7) is 10.5. The number of carbonyl (C=O) groups excluding carboxylic acids is 4. The minimum atomic E-state index is -1.17. The minimum Gasteiger partial charge on any atom is -0.481 e. The molecular formula is C45H88N4O14. The summed E-state index contributed by atoms with van der Waals surface area (Å²) in [5.41, 5.74) is 4.50. The second kappa shape index (κ2) is 53.1. The first-order valence-corrected chi connectivity index (χ1v) is 23.4. The normalized spacial score (nSPS) is 11.1. The van der Waals surface area contributed by atoms with E-state index in [-0.39, 0.29) is 68.9 Å². The first-order valence-electron chi connectivity index (χ1n) is 23.4. The second-order valence-corrected chi connectivity index (χ2v) is 14.5. The fourth-order valence-electron chi connectivity index (χ4n) is 5.70. The molecule has 1 atom stereocenters. The molecule has 0 saturated carbocycles. The predicted octanol–water partition coefficient (Wildman–Crippen LogP) is 4.96. The number of hydrogen-bond acceptors (Lipinski definition) is 13. The standard InChI is InChI=1S/C42H77N3O14.C2H6.CH5N/c1-36(46)17-13-12-16-22-43-40(49)35-59-34-33-58-32-31-57-30-29-56-28-27-55-26-25-54-24-23-44-38(47)21-20-37(42(52)53)45-39(48)18-14-10-8-6-4-2-3-5-7-9-11-15-19-41(50)51;2*1-2/h37H,2-35H2,1H3,(H,43,49)(H,44,47)(H,45,48)(H,50,51)(H,52,53);1-2H3;2H2,1H3. The van der Waals surface area contributed by atoms with Crippen LogP contribution in [0.15, 0.2) is 0 Å². The molecule has 0 aliphatic rings. The number of hydrogen-bond donors (Lipinski definition) is 6. The molecule has 0 aliphatic heterocycles. The fraction of sp³-hybridized carbons (Fsp3) is 0.867. The average Bonchev–Trinajstić information content (AvgIpc) is 3.26. The van der Waals surface area contributed by atoms with Crippen molar-refractivity contribution < 1.29 is 67.4 Å². The van der Waals surface area contributed by atoms with Crippen molar-refractivity contribution in [2.75, 3.05) is 99.4 Å². The van der Waals surface area contributed by atoms with Gasteiger partial charge in [0, 0.05) is 38.8 Å². The third-order valence-corrected chi connectivity index (χ3v) is 9.03. The van der Waals surface area contributed by atoms with E-state index >= 15 is 0 Å². The van der Waals surface area contributed by atoms with Gasteiger partial charge in [0.2, 0.25) is 17.7 Å². The number of Topliss-reactive ketones (excluding diaryl/α,β-unsaturated/α-hetero) is 1. The number of ketones is 1. The highest BCUT2D eigenvalue weighted by Crippen LogP contribution is 2.13. The zero-order valence-electron chi connectivity index (χ0n) is 39.5. The molecule has 0 rings (SSSR count). The molecule has 372 valence electrons. The van der Waals surface area contributed by atoms with Gasteiger partial charge in [-0.3, -0.25) is 19.2 Å². The van der Waals surface area contributed by atoms with E-state index in [1.54, 1.807) is 6.92 Å². The summed E-state index contributed by atoms with van der Waals surface area (Å²) in [5.74, 6) is -2.50. The number of carbonyl (C=O) groups is 6. The van der Waals surface area contributed by atoms with Crippen LogP contribution in [0.2, 0.25) is 0 Å². The van der Waals surface area contributed by atoms with Gasteiger partial charge < -0.3 is 65.1 Å². The van der Waals surface area contributed by atoms with Crippen LogP contribution in [0.25, 0.3) is 0 Å². The van der Waals surface area contributed by atoms with E-state index < -0.39 is 18.0 Å². The lowest BCUT2D eigenvalue weighted by molar-refractivity contribution is -0.142. The maximum Gasteiger partial charge on any atom is 0.326 e. The van der Waals surface area contributed by atoms with Crippen LogP contribution in [-0.2, 0) is 57.2 Å². The summed E-state index contributed by atoms with van der Waals surface area (Å²) in [5, 5.41) is 26.2. The van der Waals surface area contributed by atoms with E-state index in [0.29, 0.717) is 85.5 Å². The molecule has 0 saturated heterocycles. The van der Waals surface area contributed by atoms with Crippen LogP contribution < -0.4 is 21.7 Å². The number of carboxylic acid groups (broad SMARTS) is 2. The molecule has 0 radical (unpaired) electrons. The molecule has 18 heteroatoms. The molecule has 0 spiro atoms. The van der Waals surface area contributed by atoms with Gasteiger partial charge >= 0.3 is 11.9 Å². The Hall–Kier alpha value is -3.26. The van der Waals surface area contributed by atoms with E-state index in [4.69, 9.17) is 33.5 Å². The number of unbranched alkanes of at least 4 members (excludes halogenated alkanes) is 13. The Bertz CT molecular complexity index is 1090. The predicted molar refractivity (Wildman–Crippen MR) is 243 cm³/mol. The van der Waals surface area contributed by atoms with Crippen molar-refractivity contribution in [3.63, 3.8) is 0 Å². The van der Waals surface area contributed by atoms with Crippen molar-refractivity contribution in [2.24, 2.45) is 5.73 Å². The molecule has 0 fully saturated rings. The minimum absolute atomic E-state index is 0.000468. The molecule has 0 heterocycles. The maximum atomic E-state index is 12.3. The van der Waals surface area contributed by atoms with Crippen molar-refractivity contribution in [3.05, 3.63) is 0 Å². The molecule has 7 N–H and O–H groups in total. The third-order valence-electron chi connectivity index (χ3n) is 9.03. The van der Waals surface area contributed by atoms with Crippen molar-refractivity contribution in [1.82, 2.24) is 16.0 Å². The third kappa shape index (κ3) is 54.8. The molecule has 0 aromatic rings. The smallest absolute Gasteiger partial charge is 0.326 e. The average molecular weight is 909 g/mol. The van der Waals surface area contributed by atoms with Crippen LogP contribution in [0, 0.1) is 0 Å². The SMILES string of the molecule is CC.CC(=O)CCCCCNC(=O)COCCOCCOCCOCCOCCOCCNC(=O)CCC(NC(=O)CCCCCCCCCCCCCCC(=O)O)C(=O)O.CN. The van der Waals surface area contributed by atoms with Crippen LogP contribution in [0.5, 0.6) is 0 Å². The lowest BCUT2D eigenvalue weighted by atomic mass is 10.0. The summed E-state index contributed by atoms with van der Waals surface area (Å²) in [6, 6.07) is -1.12. The molecule has 63 heavy (non-hydrogen) atoms. The van der Waals surface area contributed by atoms with Gasteiger partial charge in [0.1, 0.15) is 18.4 Å². The largest absolute Gasteiger partial charge is 0.481 e. The van der Waals surface area contributed by atoms with Crippen LogP contribution in [0.1, 0.15) is 149 Å². The van der Waals surface area contributed by atoms with Gasteiger partial charge in [0.15, 0.2) is 0 Å². The molecule has 0 bridgehead atoms. The maximum absolute atomic E-state index is 12.3. The Kier molecular flexibility index (Phi) is 53.9. The summed E-state index contributed by atoms with van der Waals surface area (Å²) in [7, 11) is 1.50. The van der Waals surface area contributed by atoms with E-state index in [9.17, 15) is 33.9 Å². The zero-order valence-corrected chi connectivity index (χ0v) is 39.5. The highest BCUT2D eigenvalue weighted by Gasteiger charge is 2.20. The number of ether oxygens (including phenoxy) is 6. The van der Waals surface area contributed by atoms with E-state index in [1.165, 1.54) is 26.3 Å². The lowest BCUT2D eigenvalue weighted by Gasteiger charge is -2.14. The Labute approximate surface area is 378 Å². The quantitative estimate of drug-likeness (QED) is 0.0441. The first-order chi connectivity index (χ1) is 30.6. The highest BCUT2D eigenvalue weighted by molar-refractivity contribution is 5.84. The van der Waals surface area contributed by atoms with Gasteiger partial charge in [0.25, 0.3) is 0 Å². The molecule has 0 aliphatic carbocycles. The lowest BCUT2D eigenvalue weighted by Crippen LogP contribution is -2.41. The number of rotatable bonds is 46. The summed E-state index contributed by atoms with van der Waals surface area (Å²) in [6.07, 6.45) is 16.1. The zero-order chi connectivity index (χ0) is 47.4. The first kappa shape index (κ1) is 64.0. The van der Waals surface area contributed by atoms with Crippen LogP contribution >= 0.6 is 0 Å². The number of carboxylic acids is 2. The van der Waals surface area contributed by atoms with Gasteiger partial charge in [-0.1, -0.05) is 84.5 Å². The van der Waals surface area contributed by atoms with E-state index in [2.05, 4.69) is 21.7 Å². The Balaban J connectivity index is -0.00000872. The number of amides is 3. The molecule has 0 aromatic heterocycles. The summed E-state index contributed by atoms with van der Waals surface area (Å²) >= 11 is 0. The fourth-order valence-corrected chi connectivity index (χ4v) is 5.70.